The normalized spacial score (nSPS) is 10.3. The van der Waals surface area contributed by atoms with E-state index in [0.29, 0.717) is 22.1 Å². The van der Waals surface area contributed by atoms with Gasteiger partial charge in [0.25, 0.3) is 5.91 Å². The molecule has 0 aliphatic rings. The molecular weight excluding hydrogens is 315 g/mol. The molecule has 0 saturated carbocycles. The first-order valence-corrected chi connectivity index (χ1v) is 7.71. The van der Waals surface area contributed by atoms with Gasteiger partial charge in [-0.2, -0.15) is 0 Å². The molecule has 3 rings (SSSR count). The fraction of sp³-hybridized carbons (Fsp3) is 0.0588. The van der Waals surface area contributed by atoms with E-state index in [9.17, 15) is 9.18 Å². The van der Waals surface area contributed by atoms with E-state index in [1.807, 2.05) is 12.1 Å². The number of hydrogen-bond acceptors (Lipinski definition) is 4. The highest BCUT2D eigenvalue weighted by molar-refractivity contribution is 7.13. The number of hydrogen-bond donors (Lipinski definition) is 1. The molecule has 1 N–H and O–H groups in total. The van der Waals surface area contributed by atoms with Crippen LogP contribution in [0.25, 0.3) is 10.6 Å². The molecule has 1 heterocycles. The molecule has 0 spiro atoms. The standard InChI is InChI=1S/C17H13FN2O2S/c1-22-15-5-3-2-4-13(15)19-16(21)14-10-23-17(20-14)11-6-8-12(18)9-7-11/h2-10H,1H3,(H,19,21). The van der Waals surface area contributed by atoms with Crippen LogP contribution in [0.15, 0.2) is 53.9 Å². The number of nitrogens with zero attached hydrogens (tertiary/aromatic N) is 1. The number of methoxy groups -OCH3 is 1. The van der Waals surface area contributed by atoms with Crippen LogP contribution in [0.5, 0.6) is 5.75 Å². The highest BCUT2D eigenvalue weighted by Gasteiger charge is 2.14. The number of carbonyl (C=O) groups excluding carboxylic acids is 1. The zero-order valence-electron chi connectivity index (χ0n) is 12.2. The first-order valence-electron chi connectivity index (χ1n) is 6.83. The molecule has 116 valence electrons. The summed E-state index contributed by atoms with van der Waals surface area (Å²) >= 11 is 1.33. The molecule has 2 aromatic carbocycles. The van der Waals surface area contributed by atoms with Crippen molar-refractivity contribution in [3.63, 3.8) is 0 Å². The minimum absolute atomic E-state index is 0.306. The Bertz CT molecular complexity index is 831. The van der Waals surface area contributed by atoms with Crippen molar-refractivity contribution in [3.8, 4) is 16.3 Å². The first-order chi connectivity index (χ1) is 11.2. The third kappa shape index (κ3) is 3.37. The topological polar surface area (TPSA) is 51.2 Å². The summed E-state index contributed by atoms with van der Waals surface area (Å²) in [5.41, 5.74) is 1.66. The van der Waals surface area contributed by atoms with E-state index in [2.05, 4.69) is 10.3 Å². The molecule has 0 fully saturated rings. The Morgan fingerprint density at radius 1 is 1.17 bits per heavy atom. The van der Waals surface area contributed by atoms with Crippen molar-refractivity contribution in [2.75, 3.05) is 12.4 Å². The number of anilines is 1. The van der Waals surface area contributed by atoms with Gasteiger partial charge in [0.2, 0.25) is 0 Å². The fourth-order valence-electron chi connectivity index (χ4n) is 2.04. The molecular formula is C17H13FN2O2S. The van der Waals surface area contributed by atoms with Crippen LogP contribution < -0.4 is 10.1 Å². The van der Waals surface area contributed by atoms with Gasteiger partial charge in [-0.15, -0.1) is 11.3 Å². The van der Waals surface area contributed by atoms with Crippen molar-refractivity contribution in [1.82, 2.24) is 4.98 Å². The van der Waals surface area contributed by atoms with Gasteiger partial charge in [0.15, 0.2) is 0 Å². The van der Waals surface area contributed by atoms with E-state index < -0.39 is 0 Å². The average molecular weight is 328 g/mol. The second-order valence-electron chi connectivity index (χ2n) is 4.70. The van der Waals surface area contributed by atoms with Gasteiger partial charge in [0.1, 0.15) is 22.3 Å². The predicted octanol–water partition coefficient (Wildman–Crippen LogP) is 4.21. The molecule has 0 bridgehead atoms. The number of aromatic nitrogens is 1. The number of amides is 1. The molecule has 0 radical (unpaired) electrons. The highest BCUT2D eigenvalue weighted by Crippen LogP contribution is 2.26. The molecule has 6 heteroatoms. The van der Waals surface area contributed by atoms with Crippen LogP contribution in [-0.2, 0) is 0 Å². The maximum atomic E-state index is 13.0. The summed E-state index contributed by atoms with van der Waals surface area (Å²) in [6.45, 7) is 0. The number of para-hydroxylation sites is 2. The van der Waals surface area contributed by atoms with E-state index in [1.165, 1.54) is 23.5 Å². The number of ether oxygens (including phenoxy) is 1. The fourth-order valence-corrected chi connectivity index (χ4v) is 2.84. The second-order valence-corrected chi connectivity index (χ2v) is 5.56. The summed E-state index contributed by atoms with van der Waals surface area (Å²) in [4.78, 5) is 16.6. The van der Waals surface area contributed by atoms with E-state index in [4.69, 9.17) is 4.74 Å². The lowest BCUT2D eigenvalue weighted by molar-refractivity contribution is 0.102. The summed E-state index contributed by atoms with van der Waals surface area (Å²) in [6, 6.07) is 13.2. The van der Waals surface area contributed by atoms with Crippen molar-refractivity contribution < 1.29 is 13.9 Å². The van der Waals surface area contributed by atoms with E-state index in [1.54, 1.807) is 36.8 Å². The summed E-state index contributed by atoms with van der Waals surface area (Å²) in [5.74, 6) is -0.0478. The van der Waals surface area contributed by atoms with Gasteiger partial charge in [-0.05, 0) is 36.4 Å². The zero-order chi connectivity index (χ0) is 16.2. The minimum Gasteiger partial charge on any atom is -0.495 e. The van der Waals surface area contributed by atoms with Crippen LogP contribution in [0.2, 0.25) is 0 Å². The predicted molar refractivity (Wildman–Crippen MR) is 88.5 cm³/mol. The van der Waals surface area contributed by atoms with Gasteiger partial charge in [-0.1, -0.05) is 12.1 Å². The quantitative estimate of drug-likeness (QED) is 0.780. The molecule has 4 nitrogen and oxygen atoms in total. The van der Waals surface area contributed by atoms with Gasteiger partial charge in [0.05, 0.1) is 12.8 Å². The Hall–Kier alpha value is -2.73. The summed E-state index contributed by atoms with van der Waals surface area (Å²) in [5, 5.41) is 5.10. The van der Waals surface area contributed by atoms with Crippen molar-refractivity contribution in [2.24, 2.45) is 0 Å². The summed E-state index contributed by atoms with van der Waals surface area (Å²) < 4.78 is 18.2. The average Bonchev–Trinajstić information content (AvgIpc) is 3.06. The van der Waals surface area contributed by atoms with E-state index >= 15 is 0 Å². The largest absolute Gasteiger partial charge is 0.495 e. The van der Waals surface area contributed by atoms with Crippen LogP contribution >= 0.6 is 11.3 Å². The Morgan fingerprint density at radius 2 is 1.91 bits per heavy atom. The van der Waals surface area contributed by atoms with Gasteiger partial charge in [-0.25, -0.2) is 9.37 Å². The molecule has 0 unspecified atom stereocenters. The van der Waals surface area contributed by atoms with E-state index in [-0.39, 0.29) is 11.7 Å². The molecule has 3 aromatic rings. The molecule has 1 amide bonds. The monoisotopic (exact) mass is 328 g/mol. The molecule has 0 aliphatic carbocycles. The number of carbonyl (C=O) groups is 1. The van der Waals surface area contributed by atoms with Gasteiger partial charge >= 0.3 is 0 Å². The van der Waals surface area contributed by atoms with Gasteiger partial charge in [-0.3, -0.25) is 4.79 Å². The van der Waals surface area contributed by atoms with Crippen LogP contribution in [0.4, 0.5) is 10.1 Å². The number of thiazole rings is 1. The van der Waals surface area contributed by atoms with Gasteiger partial charge < -0.3 is 10.1 Å². The van der Waals surface area contributed by atoms with Crippen molar-refractivity contribution in [1.29, 1.82) is 0 Å². The van der Waals surface area contributed by atoms with E-state index in [0.717, 1.165) is 5.56 Å². The van der Waals surface area contributed by atoms with Crippen LogP contribution in [0.1, 0.15) is 10.5 Å². The SMILES string of the molecule is COc1ccccc1NC(=O)c1csc(-c2ccc(F)cc2)n1. The maximum Gasteiger partial charge on any atom is 0.275 e. The number of halogens is 1. The maximum absolute atomic E-state index is 13.0. The third-order valence-electron chi connectivity index (χ3n) is 3.18. The molecule has 1 aromatic heterocycles. The molecule has 23 heavy (non-hydrogen) atoms. The Kier molecular flexibility index (Phi) is 4.34. The third-order valence-corrected chi connectivity index (χ3v) is 4.07. The van der Waals surface area contributed by atoms with Crippen molar-refractivity contribution >= 4 is 22.9 Å². The first kappa shape index (κ1) is 15.2. The van der Waals surface area contributed by atoms with Crippen molar-refractivity contribution in [2.45, 2.75) is 0 Å². The highest BCUT2D eigenvalue weighted by atomic mass is 32.1. The number of benzene rings is 2. The lowest BCUT2D eigenvalue weighted by atomic mass is 10.2. The van der Waals surface area contributed by atoms with Crippen LogP contribution in [0.3, 0.4) is 0 Å². The molecule has 0 saturated heterocycles. The summed E-state index contributed by atoms with van der Waals surface area (Å²) in [7, 11) is 1.54. The second kappa shape index (κ2) is 6.58. The minimum atomic E-state index is -0.320. The Balaban J connectivity index is 1.80. The van der Waals surface area contributed by atoms with Crippen LogP contribution in [-0.4, -0.2) is 18.0 Å². The molecule has 0 aliphatic heterocycles. The zero-order valence-corrected chi connectivity index (χ0v) is 13.1. The number of rotatable bonds is 4. The summed E-state index contributed by atoms with van der Waals surface area (Å²) in [6.07, 6.45) is 0. The molecule has 0 atom stereocenters. The smallest absolute Gasteiger partial charge is 0.275 e. The lowest BCUT2D eigenvalue weighted by Crippen LogP contribution is -2.13. The number of nitrogens with one attached hydrogen (secondary N) is 1. The lowest BCUT2D eigenvalue weighted by Gasteiger charge is -2.08. The Labute approximate surface area is 136 Å². The van der Waals surface area contributed by atoms with Crippen LogP contribution in [0, 0.1) is 5.82 Å². The van der Waals surface area contributed by atoms with Crippen molar-refractivity contribution in [3.05, 3.63) is 65.4 Å². The van der Waals surface area contributed by atoms with Gasteiger partial charge in [0, 0.05) is 10.9 Å². The Morgan fingerprint density at radius 3 is 2.65 bits per heavy atom.